The minimum atomic E-state index is -1.04. The zero-order valence-corrected chi connectivity index (χ0v) is 22.4. The van der Waals surface area contributed by atoms with E-state index in [-0.39, 0.29) is 35.7 Å². The van der Waals surface area contributed by atoms with Gasteiger partial charge in [-0.05, 0) is 58.0 Å². The lowest BCUT2D eigenvalue weighted by Gasteiger charge is -2.26. The van der Waals surface area contributed by atoms with E-state index in [1.54, 1.807) is 26.8 Å². The average Bonchev–Trinajstić information content (AvgIpc) is 3.33. The Bertz CT molecular complexity index is 1280. The fourth-order valence-corrected chi connectivity index (χ4v) is 4.92. The van der Waals surface area contributed by atoms with Crippen LogP contribution in [-0.4, -0.2) is 75.3 Å². The highest BCUT2D eigenvalue weighted by Gasteiger charge is 2.46. The molecule has 1 aromatic carbocycles. The molecule has 1 amide bonds. The van der Waals surface area contributed by atoms with Crippen molar-refractivity contribution in [1.82, 2.24) is 14.8 Å². The summed E-state index contributed by atoms with van der Waals surface area (Å²) in [7, 11) is 0. The number of aromatic amines is 1. The summed E-state index contributed by atoms with van der Waals surface area (Å²) in [6.07, 6.45) is 0.565. The highest BCUT2D eigenvalue weighted by molar-refractivity contribution is 6.46. The molecular weight excluding hydrogens is 492 g/mol. The molecule has 11 nitrogen and oxygen atoms in total. The van der Waals surface area contributed by atoms with Gasteiger partial charge < -0.3 is 24.6 Å². The highest BCUT2D eigenvalue weighted by atomic mass is 16.6. The number of nitrogens with one attached hydrogen (secondary N) is 1. The zero-order valence-electron chi connectivity index (χ0n) is 22.4. The number of nitro groups is 1. The van der Waals surface area contributed by atoms with E-state index in [9.17, 15) is 29.6 Å². The van der Waals surface area contributed by atoms with E-state index in [0.29, 0.717) is 29.8 Å². The number of amides is 1. The van der Waals surface area contributed by atoms with Crippen molar-refractivity contribution in [2.24, 2.45) is 0 Å². The number of aryl methyl sites for hydroxylation is 1. The van der Waals surface area contributed by atoms with Gasteiger partial charge in [-0.2, -0.15) is 0 Å². The molecule has 1 saturated heterocycles. The number of likely N-dealkylation sites (tertiary alicyclic amines) is 1. The molecule has 0 saturated carbocycles. The second kappa shape index (κ2) is 12.0. The molecule has 0 aliphatic carbocycles. The molecule has 1 atom stereocenters. The molecule has 11 heteroatoms. The normalized spacial score (nSPS) is 16.9. The smallest absolute Gasteiger partial charge is 0.355 e. The Balaban J connectivity index is 2.16. The van der Waals surface area contributed by atoms with Crippen molar-refractivity contribution in [3.8, 4) is 0 Å². The molecule has 0 spiro atoms. The first-order valence-corrected chi connectivity index (χ1v) is 12.7. The fourth-order valence-electron chi connectivity index (χ4n) is 4.92. The maximum atomic E-state index is 13.4. The molecule has 1 aliphatic heterocycles. The number of ketones is 1. The third kappa shape index (κ3) is 5.47. The van der Waals surface area contributed by atoms with Crippen LogP contribution >= 0.6 is 0 Å². The van der Waals surface area contributed by atoms with Gasteiger partial charge >= 0.3 is 5.97 Å². The van der Waals surface area contributed by atoms with Crippen LogP contribution in [0.25, 0.3) is 5.76 Å². The number of hydrogen-bond acceptors (Lipinski definition) is 8. The number of esters is 1. The Hall–Kier alpha value is -3.99. The standard InChI is InChI=1S/C27H34N4O7/c1-6-29(7-2)13-10-14-30-23(18-11-9-12-19(15-18)31(36)37)21(25(33)26(30)34)24(32)20-16(4)22(28-17(20)5)27(35)38-8-3/h9,11-12,15,23,28,32H,6-8,10,13-14H2,1-5H3/b24-21+. The van der Waals surface area contributed by atoms with Crippen LogP contribution in [0.5, 0.6) is 0 Å². The number of carbonyl (C=O) groups excluding carboxylic acids is 3. The van der Waals surface area contributed by atoms with Gasteiger partial charge in [-0.25, -0.2) is 4.79 Å². The van der Waals surface area contributed by atoms with Crippen molar-refractivity contribution < 1.29 is 29.2 Å². The second-order valence-corrected chi connectivity index (χ2v) is 9.07. The number of aromatic nitrogens is 1. The predicted molar refractivity (Wildman–Crippen MR) is 141 cm³/mol. The van der Waals surface area contributed by atoms with Crippen molar-refractivity contribution in [3.63, 3.8) is 0 Å². The summed E-state index contributed by atoms with van der Waals surface area (Å²) in [5.41, 5.74) is 1.07. The van der Waals surface area contributed by atoms with E-state index in [1.807, 2.05) is 13.8 Å². The summed E-state index contributed by atoms with van der Waals surface area (Å²) in [4.78, 5) is 56.4. The first-order valence-electron chi connectivity index (χ1n) is 12.7. The van der Waals surface area contributed by atoms with Crippen LogP contribution in [-0.2, 0) is 14.3 Å². The van der Waals surface area contributed by atoms with Crippen LogP contribution in [0.2, 0.25) is 0 Å². The Morgan fingerprint density at radius 3 is 2.50 bits per heavy atom. The summed E-state index contributed by atoms with van der Waals surface area (Å²) >= 11 is 0. The molecule has 204 valence electrons. The molecular formula is C27H34N4O7. The second-order valence-electron chi connectivity index (χ2n) is 9.07. The number of rotatable bonds is 11. The number of aliphatic hydroxyl groups excluding tert-OH is 1. The topological polar surface area (TPSA) is 146 Å². The number of Topliss-reactive ketones (excluding diaryl/α,β-unsaturated/α-hetero) is 1. The van der Waals surface area contributed by atoms with Crippen molar-refractivity contribution in [3.05, 3.63) is 68.0 Å². The Kier molecular flexibility index (Phi) is 9.05. The van der Waals surface area contributed by atoms with E-state index in [1.165, 1.54) is 23.1 Å². The number of H-pyrrole nitrogens is 1. The first-order chi connectivity index (χ1) is 18.1. The van der Waals surface area contributed by atoms with Crippen LogP contribution < -0.4 is 0 Å². The van der Waals surface area contributed by atoms with Gasteiger partial charge in [0.2, 0.25) is 0 Å². The number of hydrogen-bond donors (Lipinski definition) is 2. The first kappa shape index (κ1) is 28.6. The van der Waals surface area contributed by atoms with Gasteiger partial charge in [0.15, 0.2) is 0 Å². The van der Waals surface area contributed by atoms with Crippen LogP contribution in [0, 0.1) is 24.0 Å². The lowest BCUT2D eigenvalue weighted by molar-refractivity contribution is -0.384. The zero-order chi connectivity index (χ0) is 28.1. The van der Waals surface area contributed by atoms with E-state index < -0.39 is 34.4 Å². The highest BCUT2D eigenvalue weighted by Crippen LogP contribution is 2.41. The quantitative estimate of drug-likeness (QED) is 0.112. The maximum Gasteiger partial charge on any atom is 0.355 e. The number of carbonyl (C=O) groups is 3. The summed E-state index contributed by atoms with van der Waals surface area (Å²) < 4.78 is 5.08. The predicted octanol–water partition coefficient (Wildman–Crippen LogP) is 3.87. The molecule has 1 unspecified atom stereocenters. The van der Waals surface area contributed by atoms with Crippen LogP contribution in [0.3, 0.4) is 0 Å². The van der Waals surface area contributed by atoms with Crippen molar-refractivity contribution >= 4 is 29.1 Å². The fraction of sp³-hybridized carbons (Fsp3) is 0.444. The van der Waals surface area contributed by atoms with E-state index in [0.717, 1.165) is 13.1 Å². The van der Waals surface area contributed by atoms with E-state index in [4.69, 9.17) is 4.74 Å². The van der Waals surface area contributed by atoms with Crippen LogP contribution in [0.4, 0.5) is 5.69 Å². The third-order valence-corrected chi connectivity index (χ3v) is 6.86. The molecule has 2 N–H and O–H groups in total. The summed E-state index contributed by atoms with van der Waals surface area (Å²) in [5, 5.41) is 23.0. The molecule has 1 aliphatic rings. The maximum absolute atomic E-state index is 13.4. The van der Waals surface area contributed by atoms with Crippen LogP contribution in [0.15, 0.2) is 29.8 Å². The minimum Gasteiger partial charge on any atom is -0.507 e. The van der Waals surface area contributed by atoms with Gasteiger partial charge in [0, 0.05) is 29.9 Å². The number of benzene rings is 1. The average molecular weight is 527 g/mol. The lowest BCUT2D eigenvalue weighted by atomic mass is 9.93. The summed E-state index contributed by atoms with van der Waals surface area (Å²) in [5.74, 6) is -2.74. The molecule has 0 bridgehead atoms. The Morgan fingerprint density at radius 1 is 1.21 bits per heavy atom. The number of non-ortho nitro benzene ring substituents is 1. The number of aliphatic hydroxyl groups is 1. The lowest BCUT2D eigenvalue weighted by Crippen LogP contribution is -2.33. The number of nitrogens with zero attached hydrogens (tertiary/aromatic N) is 3. The Morgan fingerprint density at radius 2 is 1.89 bits per heavy atom. The van der Waals surface area contributed by atoms with Gasteiger partial charge in [0.05, 0.1) is 23.1 Å². The summed E-state index contributed by atoms with van der Waals surface area (Å²) in [6, 6.07) is 4.67. The molecule has 1 fully saturated rings. The third-order valence-electron chi connectivity index (χ3n) is 6.86. The SMILES string of the molecule is CCOC(=O)c1[nH]c(C)c(/C(O)=C2\C(=O)C(=O)N(CCCN(CC)CC)C2c2cccc([N+](=O)[O-])c2)c1C. The monoisotopic (exact) mass is 526 g/mol. The number of nitro benzene ring substituents is 1. The van der Waals surface area contributed by atoms with Gasteiger partial charge in [0.25, 0.3) is 17.4 Å². The van der Waals surface area contributed by atoms with Crippen LogP contribution in [0.1, 0.15) is 66.1 Å². The Labute approximate surface area is 221 Å². The molecule has 1 aromatic heterocycles. The summed E-state index contributed by atoms with van der Waals surface area (Å²) in [6.45, 7) is 11.7. The molecule has 38 heavy (non-hydrogen) atoms. The van der Waals surface area contributed by atoms with Crippen molar-refractivity contribution in [1.29, 1.82) is 0 Å². The van der Waals surface area contributed by atoms with Gasteiger partial charge in [0.1, 0.15) is 11.5 Å². The van der Waals surface area contributed by atoms with Gasteiger partial charge in [-0.3, -0.25) is 19.7 Å². The molecule has 0 radical (unpaired) electrons. The van der Waals surface area contributed by atoms with Gasteiger partial charge in [-0.15, -0.1) is 0 Å². The molecule has 3 rings (SSSR count). The van der Waals surface area contributed by atoms with E-state index in [2.05, 4.69) is 9.88 Å². The molecule has 2 aromatic rings. The molecule has 2 heterocycles. The van der Waals surface area contributed by atoms with Crippen molar-refractivity contribution in [2.75, 3.05) is 32.8 Å². The van der Waals surface area contributed by atoms with E-state index >= 15 is 0 Å². The number of ether oxygens (including phenoxy) is 1. The minimum absolute atomic E-state index is 0.131. The van der Waals surface area contributed by atoms with Crippen molar-refractivity contribution in [2.45, 2.75) is 47.1 Å². The largest absolute Gasteiger partial charge is 0.507 e. The van der Waals surface area contributed by atoms with Gasteiger partial charge in [-0.1, -0.05) is 26.0 Å².